The summed E-state index contributed by atoms with van der Waals surface area (Å²) < 4.78 is 30.7. The highest BCUT2D eigenvalue weighted by atomic mass is 19.3. The van der Waals surface area contributed by atoms with Crippen LogP contribution in [0.2, 0.25) is 0 Å². The number of anilines is 1. The van der Waals surface area contributed by atoms with Gasteiger partial charge in [0.1, 0.15) is 5.82 Å². The third kappa shape index (κ3) is 3.93. The van der Waals surface area contributed by atoms with E-state index in [9.17, 15) is 18.7 Å². The van der Waals surface area contributed by atoms with Crippen LogP contribution in [0.15, 0.2) is 24.7 Å². The van der Waals surface area contributed by atoms with Crippen molar-refractivity contribution in [2.24, 2.45) is 18.9 Å². The fourth-order valence-electron chi connectivity index (χ4n) is 5.57. The van der Waals surface area contributed by atoms with Crippen LogP contribution in [0.1, 0.15) is 53.8 Å². The minimum absolute atomic E-state index is 0.0883. The standard InChI is InChI=1S/C24H28F2N8O2/c1-13(35)22-14(3-6-20(29-22)33-10-16-17(11-33)24(16,25)26)8-34-9-15(30-31-34)7-21(36)28-18-4-5-19-23(18)27-12-32(19)2/h3,6,9,12-13,16-18,35H,4-5,7-8,10-11H2,1-2H3,(H,28,36)/t13?,16?,17?,18-/m1/s1. The summed E-state index contributed by atoms with van der Waals surface area (Å²) in [6.45, 7) is 2.49. The lowest BCUT2D eigenvalue weighted by molar-refractivity contribution is -0.121. The van der Waals surface area contributed by atoms with Gasteiger partial charge in [-0.3, -0.25) is 4.79 Å². The van der Waals surface area contributed by atoms with Gasteiger partial charge in [0.05, 0.1) is 60.4 Å². The number of carbonyl (C=O) groups excluding carboxylic acids is 1. The molecule has 4 heterocycles. The van der Waals surface area contributed by atoms with Crippen LogP contribution in [0.25, 0.3) is 0 Å². The summed E-state index contributed by atoms with van der Waals surface area (Å²) in [7, 11) is 1.95. The molecule has 3 aromatic heterocycles. The lowest BCUT2D eigenvalue weighted by Gasteiger charge is -2.23. The number of rotatable bonds is 7. The highest BCUT2D eigenvalue weighted by Crippen LogP contribution is 2.59. The predicted octanol–water partition coefficient (Wildman–Crippen LogP) is 1.56. The lowest BCUT2D eigenvalue weighted by atomic mass is 10.1. The van der Waals surface area contributed by atoms with E-state index >= 15 is 0 Å². The summed E-state index contributed by atoms with van der Waals surface area (Å²) in [5.74, 6) is -3.30. The molecule has 1 aliphatic heterocycles. The van der Waals surface area contributed by atoms with E-state index in [1.807, 2.05) is 22.6 Å². The summed E-state index contributed by atoms with van der Waals surface area (Å²) in [5.41, 5.74) is 3.84. The average Bonchev–Trinajstić information content (AvgIpc) is 3.46. The quantitative estimate of drug-likeness (QED) is 0.508. The second-order valence-electron chi connectivity index (χ2n) is 10.1. The maximum atomic E-state index is 13.6. The Balaban J connectivity index is 1.10. The molecule has 1 saturated heterocycles. The lowest BCUT2D eigenvalue weighted by Crippen LogP contribution is -2.29. The Bertz CT molecular complexity index is 1310. The molecule has 1 amide bonds. The largest absolute Gasteiger partial charge is 0.387 e. The first-order valence-corrected chi connectivity index (χ1v) is 12.2. The van der Waals surface area contributed by atoms with Crippen molar-refractivity contribution in [3.63, 3.8) is 0 Å². The van der Waals surface area contributed by atoms with E-state index in [4.69, 9.17) is 0 Å². The van der Waals surface area contributed by atoms with Crippen LogP contribution in [0.3, 0.4) is 0 Å². The van der Waals surface area contributed by atoms with Gasteiger partial charge in [-0.2, -0.15) is 0 Å². The number of amides is 1. The Morgan fingerprint density at radius 2 is 2.08 bits per heavy atom. The van der Waals surface area contributed by atoms with Crippen LogP contribution in [-0.4, -0.2) is 59.6 Å². The van der Waals surface area contributed by atoms with E-state index < -0.39 is 23.9 Å². The zero-order chi connectivity index (χ0) is 25.2. The Labute approximate surface area is 206 Å². The topological polar surface area (TPSA) is 114 Å². The van der Waals surface area contributed by atoms with Gasteiger partial charge in [0.15, 0.2) is 0 Å². The van der Waals surface area contributed by atoms with Crippen molar-refractivity contribution < 1.29 is 18.7 Å². The minimum Gasteiger partial charge on any atom is -0.387 e. The van der Waals surface area contributed by atoms with Gasteiger partial charge in [0, 0.05) is 32.0 Å². The van der Waals surface area contributed by atoms with E-state index in [2.05, 4.69) is 25.6 Å². The second kappa shape index (κ2) is 8.32. The van der Waals surface area contributed by atoms with Crippen LogP contribution in [-0.2, 0) is 31.2 Å². The monoisotopic (exact) mass is 498 g/mol. The normalized spacial score (nSPS) is 24.5. The van der Waals surface area contributed by atoms with Crippen molar-refractivity contribution >= 4 is 11.7 Å². The number of nitrogens with one attached hydrogen (secondary N) is 1. The van der Waals surface area contributed by atoms with Crippen LogP contribution in [0, 0.1) is 11.8 Å². The molecule has 4 atom stereocenters. The van der Waals surface area contributed by atoms with Crippen molar-refractivity contribution in [3.8, 4) is 0 Å². The molecule has 0 bridgehead atoms. The Kier molecular flexibility index (Phi) is 5.32. The maximum absolute atomic E-state index is 13.6. The number of carbonyl (C=O) groups is 1. The number of alkyl halides is 2. The number of hydrogen-bond acceptors (Lipinski definition) is 7. The van der Waals surface area contributed by atoms with E-state index in [1.165, 1.54) is 0 Å². The number of fused-ring (bicyclic) bond motifs is 2. The van der Waals surface area contributed by atoms with Gasteiger partial charge in [0.25, 0.3) is 5.92 Å². The third-order valence-corrected chi connectivity index (χ3v) is 7.60. The highest BCUT2D eigenvalue weighted by molar-refractivity contribution is 5.78. The number of halogens is 2. The second-order valence-corrected chi connectivity index (χ2v) is 10.1. The number of aliphatic hydroxyl groups is 1. The van der Waals surface area contributed by atoms with E-state index in [-0.39, 0.29) is 31.5 Å². The fraction of sp³-hybridized carbons (Fsp3) is 0.542. The molecule has 2 aliphatic carbocycles. The van der Waals surface area contributed by atoms with Crippen LogP contribution in [0.5, 0.6) is 0 Å². The van der Waals surface area contributed by atoms with Gasteiger partial charge in [0.2, 0.25) is 5.91 Å². The van der Waals surface area contributed by atoms with Gasteiger partial charge in [-0.15, -0.1) is 5.10 Å². The summed E-state index contributed by atoms with van der Waals surface area (Å²) in [6, 6.07) is 3.54. The predicted molar refractivity (Wildman–Crippen MR) is 124 cm³/mol. The zero-order valence-electron chi connectivity index (χ0n) is 20.1. The summed E-state index contributed by atoms with van der Waals surface area (Å²) in [6.07, 6.45) is 4.45. The van der Waals surface area contributed by atoms with Crippen molar-refractivity contribution in [3.05, 3.63) is 53.0 Å². The minimum atomic E-state index is -2.55. The van der Waals surface area contributed by atoms with Crippen molar-refractivity contribution in [2.45, 2.75) is 50.8 Å². The van der Waals surface area contributed by atoms with Gasteiger partial charge < -0.3 is 19.9 Å². The number of aliphatic hydroxyl groups excluding tert-OH is 1. The molecule has 0 radical (unpaired) electrons. The van der Waals surface area contributed by atoms with Gasteiger partial charge in [-0.05, 0) is 31.4 Å². The average molecular weight is 499 g/mol. The smallest absolute Gasteiger partial charge is 0.258 e. The third-order valence-electron chi connectivity index (χ3n) is 7.60. The summed E-state index contributed by atoms with van der Waals surface area (Å²) >= 11 is 0. The molecular formula is C24H28F2N8O2. The number of aromatic nitrogens is 6. The Morgan fingerprint density at radius 3 is 2.83 bits per heavy atom. The molecule has 6 rings (SSSR count). The Morgan fingerprint density at radius 1 is 1.31 bits per heavy atom. The highest BCUT2D eigenvalue weighted by Gasteiger charge is 2.71. The van der Waals surface area contributed by atoms with E-state index in [0.717, 1.165) is 29.8 Å². The van der Waals surface area contributed by atoms with Crippen LogP contribution >= 0.6 is 0 Å². The maximum Gasteiger partial charge on any atom is 0.258 e. The molecule has 190 valence electrons. The molecule has 12 heteroatoms. The first-order valence-electron chi connectivity index (χ1n) is 12.2. The van der Waals surface area contributed by atoms with Gasteiger partial charge in [-0.1, -0.05) is 11.3 Å². The fourth-order valence-corrected chi connectivity index (χ4v) is 5.57. The molecule has 0 spiro atoms. The molecule has 10 nitrogen and oxygen atoms in total. The number of nitrogens with zero attached hydrogens (tertiary/aromatic N) is 7. The molecule has 3 aliphatic rings. The zero-order valence-corrected chi connectivity index (χ0v) is 20.1. The summed E-state index contributed by atoms with van der Waals surface area (Å²) in [4.78, 5) is 23.5. The van der Waals surface area contributed by atoms with E-state index in [1.54, 1.807) is 30.2 Å². The SMILES string of the molecule is CC(O)c1nc(N2CC3C(C2)C3(F)F)ccc1Cn1cc(CC(=O)N[C@@H]2CCc3c2ncn3C)nn1. The first-order chi connectivity index (χ1) is 17.2. The van der Waals surface area contributed by atoms with Gasteiger partial charge >= 0.3 is 0 Å². The van der Waals surface area contributed by atoms with Crippen molar-refractivity contribution in [1.82, 2.24) is 34.8 Å². The van der Waals surface area contributed by atoms with E-state index in [0.29, 0.717) is 23.8 Å². The van der Waals surface area contributed by atoms with Crippen molar-refractivity contribution in [1.29, 1.82) is 0 Å². The molecule has 0 aromatic carbocycles. The van der Waals surface area contributed by atoms with Crippen LogP contribution in [0.4, 0.5) is 14.6 Å². The van der Waals surface area contributed by atoms with Crippen molar-refractivity contribution in [2.75, 3.05) is 18.0 Å². The number of aryl methyl sites for hydroxylation is 1. The van der Waals surface area contributed by atoms with Crippen LogP contribution < -0.4 is 10.2 Å². The number of piperidine rings is 1. The molecule has 1 saturated carbocycles. The Hall–Kier alpha value is -3.41. The van der Waals surface area contributed by atoms with Gasteiger partial charge in [-0.25, -0.2) is 23.4 Å². The first kappa shape index (κ1) is 23.0. The molecule has 3 aromatic rings. The molecule has 2 N–H and O–H groups in total. The number of hydrogen-bond donors (Lipinski definition) is 2. The molecular weight excluding hydrogens is 470 g/mol. The number of imidazole rings is 1. The summed E-state index contributed by atoms with van der Waals surface area (Å²) in [5, 5.41) is 21.6. The molecule has 2 fully saturated rings. The molecule has 3 unspecified atom stereocenters. The number of pyridine rings is 1. The molecule has 36 heavy (non-hydrogen) atoms.